The fourth-order valence-electron chi connectivity index (χ4n) is 2.80. The summed E-state index contributed by atoms with van der Waals surface area (Å²) in [6, 6.07) is 16.2. The Kier molecular flexibility index (Phi) is 6.33. The Labute approximate surface area is 172 Å². The van der Waals surface area contributed by atoms with E-state index in [0.29, 0.717) is 10.9 Å². The molecule has 7 nitrogen and oxygen atoms in total. The Hall–Kier alpha value is -3.13. The van der Waals surface area contributed by atoms with Crippen LogP contribution in [0.2, 0.25) is 0 Å². The van der Waals surface area contributed by atoms with Gasteiger partial charge in [-0.3, -0.25) is 19.0 Å². The number of thioether (sulfide) groups is 1. The molecule has 0 spiro atoms. The molecule has 0 fully saturated rings. The van der Waals surface area contributed by atoms with Crippen molar-refractivity contribution in [3.63, 3.8) is 0 Å². The van der Waals surface area contributed by atoms with Crippen molar-refractivity contribution in [1.82, 2.24) is 14.5 Å². The van der Waals surface area contributed by atoms with Crippen molar-refractivity contribution >= 4 is 34.5 Å². The van der Waals surface area contributed by atoms with Crippen LogP contribution in [0.15, 0.2) is 64.5 Å². The predicted octanol–water partition coefficient (Wildman–Crippen LogP) is 2.49. The minimum absolute atomic E-state index is 0.145. The number of benzene rings is 2. The lowest BCUT2D eigenvalue weighted by Gasteiger charge is -2.21. The number of carbonyl (C=O) groups is 2. The third-order valence-electron chi connectivity index (χ3n) is 4.33. The second-order valence-electron chi connectivity index (χ2n) is 6.52. The molecule has 1 atom stereocenters. The fourth-order valence-corrected chi connectivity index (χ4v) is 4.04. The zero-order chi connectivity index (χ0) is 21.0. The molecule has 3 rings (SSSR count). The Morgan fingerprint density at radius 3 is 2.41 bits per heavy atom. The van der Waals surface area contributed by atoms with Gasteiger partial charge in [0.05, 0.1) is 18.0 Å². The van der Waals surface area contributed by atoms with E-state index in [4.69, 9.17) is 4.74 Å². The van der Waals surface area contributed by atoms with E-state index in [-0.39, 0.29) is 23.2 Å². The van der Waals surface area contributed by atoms with Gasteiger partial charge in [0.15, 0.2) is 5.16 Å². The molecule has 1 amide bonds. The van der Waals surface area contributed by atoms with Gasteiger partial charge >= 0.3 is 5.97 Å². The number of aromatic nitrogens is 2. The van der Waals surface area contributed by atoms with Gasteiger partial charge in [0.1, 0.15) is 11.8 Å². The summed E-state index contributed by atoms with van der Waals surface area (Å²) in [5.41, 5.74) is 0.932. The number of hydrogen-bond donors (Lipinski definition) is 0. The van der Waals surface area contributed by atoms with Crippen LogP contribution in [0.3, 0.4) is 0 Å². The van der Waals surface area contributed by atoms with E-state index < -0.39 is 11.2 Å². The molecule has 0 bridgehead atoms. The van der Waals surface area contributed by atoms with Gasteiger partial charge in [0, 0.05) is 14.1 Å². The number of amides is 1. The van der Waals surface area contributed by atoms with E-state index in [2.05, 4.69) is 4.98 Å². The highest BCUT2D eigenvalue weighted by Crippen LogP contribution is 2.35. The summed E-state index contributed by atoms with van der Waals surface area (Å²) in [6.07, 6.45) is 0. The van der Waals surface area contributed by atoms with Crippen LogP contribution >= 0.6 is 11.8 Å². The van der Waals surface area contributed by atoms with Gasteiger partial charge in [-0.25, -0.2) is 4.98 Å². The van der Waals surface area contributed by atoms with Crippen LogP contribution in [0.1, 0.15) is 10.8 Å². The minimum atomic E-state index is -0.622. The molecular weight excluding hydrogens is 390 g/mol. The monoisotopic (exact) mass is 411 g/mol. The van der Waals surface area contributed by atoms with Gasteiger partial charge in [-0.15, -0.1) is 0 Å². The molecule has 1 aromatic heterocycles. The van der Waals surface area contributed by atoms with Crippen molar-refractivity contribution in [2.24, 2.45) is 0 Å². The third kappa shape index (κ3) is 4.48. The molecule has 0 saturated heterocycles. The highest BCUT2D eigenvalue weighted by Gasteiger charge is 2.27. The molecule has 0 aliphatic heterocycles. The number of carbonyl (C=O) groups excluding carboxylic acids is 2. The van der Waals surface area contributed by atoms with E-state index in [9.17, 15) is 14.4 Å². The van der Waals surface area contributed by atoms with E-state index in [0.717, 1.165) is 17.3 Å². The van der Waals surface area contributed by atoms with Crippen molar-refractivity contribution in [2.45, 2.75) is 17.0 Å². The molecule has 2 aromatic carbocycles. The van der Waals surface area contributed by atoms with Crippen LogP contribution in [-0.2, 0) is 20.9 Å². The highest BCUT2D eigenvalue weighted by molar-refractivity contribution is 8.00. The van der Waals surface area contributed by atoms with Crippen molar-refractivity contribution in [3.05, 3.63) is 70.5 Å². The molecule has 0 N–H and O–H groups in total. The number of nitrogens with zero attached hydrogens (tertiary/aromatic N) is 3. The Morgan fingerprint density at radius 1 is 1.10 bits per heavy atom. The minimum Gasteiger partial charge on any atom is -0.468 e. The van der Waals surface area contributed by atoms with Crippen molar-refractivity contribution in [3.8, 4) is 0 Å². The molecule has 0 aliphatic rings. The lowest BCUT2D eigenvalue weighted by Crippen LogP contribution is -2.30. The first kappa shape index (κ1) is 20.6. The smallest absolute Gasteiger partial charge is 0.325 e. The van der Waals surface area contributed by atoms with E-state index in [1.165, 1.54) is 16.6 Å². The largest absolute Gasteiger partial charge is 0.468 e. The van der Waals surface area contributed by atoms with Crippen molar-refractivity contribution in [1.29, 1.82) is 0 Å². The zero-order valence-corrected chi connectivity index (χ0v) is 17.2. The second-order valence-corrected chi connectivity index (χ2v) is 7.59. The van der Waals surface area contributed by atoms with E-state index in [1.54, 1.807) is 38.4 Å². The predicted molar refractivity (Wildman–Crippen MR) is 112 cm³/mol. The number of hydrogen-bond acceptors (Lipinski definition) is 6. The number of esters is 1. The Bertz CT molecular complexity index is 1100. The van der Waals surface area contributed by atoms with Crippen LogP contribution in [-0.4, -0.2) is 47.5 Å². The average Bonchev–Trinajstić information content (AvgIpc) is 2.74. The van der Waals surface area contributed by atoms with Crippen LogP contribution in [0.4, 0.5) is 0 Å². The van der Waals surface area contributed by atoms with Gasteiger partial charge in [-0.1, -0.05) is 54.2 Å². The van der Waals surface area contributed by atoms with Crippen molar-refractivity contribution in [2.75, 3.05) is 21.2 Å². The first-order valence-corrected chi connectivity index (χ1v) is 9.79. The summed E-state index contributed by atoms with van der Waals surface area (Å²) in [5.74, 6) is -0.713. The molecule has 0 saturated carbocycles. The summed E-state index contributed by atoms with van der Waals surface area (Å²) in [5, 5.41) is 0.0577. The van der Waals surface area contributed by atoms with Crippen LogP contribution in [0, 0.1) is 0 Å². The normalized spacial score (nSPS) is 11.8. The van der Waals surface area contributed by atoms with Gasteiger partial charge < -0.3 is 9.64 Å². The fraction of sp³-hybridized carbons (Fsp3) is 0.238. The molecule has 0 radical (unpaired) electrons. The van der Waals surface area contributed by atoms with E-state index >= 15 is 0 Å². The summed E-state index contributed by atoms with van der Waals surface area (Å²) in [7, 11) is 4.61. The standard InChI is InChI=1S/C21H21N3O4S/c1-23(2)20(27)18(14-9-5-4-6-10-14)29-21-22-16-12-8-7-11-15(16)19(26)24(21)13-17(25)28-3/h4-12,18H,13H2,1-3H3/t18-/m1/s1. The van der Waals surface area contributed by atoms with E-state index in [1.807, 2.05) is 30.3 Å². The molecule has 29 heavy (non-hydrogen) atoms. The summed E-state index contributed by atoms with van der Waals surface area (Å²) >= 11 is 1.14. The Balaban J connectivity index is 2.15. The number of rotatable bonds is 6. The second kappa shape index (κ2) is 8.91. The number of fused-ring (bicyclic) bond motifs is 1. The number of methoxy groups -OCH3 is 1. The molecule has 0 aliphatic carbocycles. The van der Waals surface area contributed by atoms with Crippen LogP contribution < -0.4 is 5.56 Å². The van der Waals surface area contributed by atoms with Gasteiger partial charge in [-0.05, 0) is 17.7 Å². The number of para-hydroxylation sites is 1. The summed E-state index contributed by atoms with van der Waals surface area (Å²) in [6.45, 7) is -0.285. The number of ether oxygens (including phenoxy) is 1. The molecular formula is C21H21N3O4S. The molecule has 1 heterocycles. The average molecular weight is 411 g/mol. The maximum absolute atomic E-state index is 13.0. The number of likely N-dealkylation sites (N-methyl/N-ethyl adjacent to an activating group) is 1. The van der Waals surface area contributed by atoms with Gasteiger partial charge in [-0.2, -0.15) is 0 Å². The topological polar surface area (TPSA) is 81.5 Å². The van der Waals surface area contributed by atoms with Crippen LogP contribution in [0.25, 0.3) is 10.9 Å². The summed E-state index contributed by atoms with van der Waals surface area (Å²) < 4.78 is 6.00. The Morgan fingerprint density at radius 2 is 1.76 bits per heavy atom. The SMILES string of the molecule is COC(=O)Cn1c(S[C@@H](C(=O)N(C)C)c2ccccc2)nc2ccccc2c1=O. The molecule has 8 heteroatoms. The molecule has 3 aromatic rings. The first-order chi connectivity index (χ1) is 13.9. The van der Waals surface area contributed by atoms with Gasteiger partial charge in [0.2, 0.25) is 5.91 Å². The third-order valence-corrected chi connectivity index (χ3v) is 5.56. The highest BCUT2D eigenvalue weighted by atomic mass is 32.2. The molecule has 150 valence electrons. The van der Waals surface area contributed by atoms with Gasteiger partial charge in [0.25, 0.3) is 5.56 Å². The molecule has 0 unspecified atom stereocenters. The van der Waals surface area contributed by atoms with Crippen molar-refractivity contribution < 1.29 is 14.3 Å². The van der Waals surface area contributed by atoms with Crippen LogP contribution in [0.5, 0.6) is 0 Å². The maximum Gasteiger partial charge on any atom is 0.325 e. The maximum atomic E-state index is 13.0. The quantitative estimate of drug-likeness (QED) is 0.352. The lowest BCUT2D eigenvalue weighted by atomic mass is 10.1. The first-order valence-electron chi connectivity index (χ1n) is 8.91. The summed E-state index contributed by atoms with van der Waals surface area (Å²) in [4.78, 5) is 43.9. The zero-order valence-electron chi connectivity index (χ0n) is 16.4. The lowest BCUT2D eigenvalue weighted by molar-refractivity contribution is -0.141.